The number of aryl methyl sites for hydroxylation is 1. The van der Waals surface area contributed by atoms with Crippen molar-refractivity contribution < 1.29 is 66.1 Å². The Morgan fingerprint density at radius 1 is 1.00 bits per heavy atom. The Morgan fingerprint density at radius 2 is 1.60 bits per heavy atom. The molecule has 0 saturated heterocycles. The maximum Gasteiger partial charge on any atom is 1.00 e. The Kier molecular flexibility index (Phi) is 9.79. The first-order chi connectivity index (χ1) is 13.3. The number of fused-ring (bicyclic) bond motifs is 1. The number of furan rings is 1. The molecule has 1 unspecified atom stereocenters. The number of carboxylic acid groups (broad SMARTS) is 2. The Bertz CT molecular complexity index is 1110. The fourth-order valence-corrected chi connectivity index (χ4v) is 3.14. The van der Waals surface area contributed by atoms with Crippen molar-refractivity contribution in [2.75, 3.05) is 6.26 Å². The molecule has 11 heteroatoms. The van der Waals surface area contributed by atoms with Gasteiger partial charge >= 0.3 is 37.7 Å². The quantitative estimate of drug-likeness (QED) is 0.244. The molecule has 0 saturated carbocycles. The number of nitrogens with zero attached hydrogens (tertiary/aromatic N) is 2. The number of hydrogen-bond donors (Lipinski definition) is 0. The molecule has 1 atom stereocenters. The van der Waals surface area contributed by atoms with Crippen molar-refractivity contribution in [3.8, 4) is 22.6 Å². The summed E-state index contributed by atoms with van der Waals surface area (Å²) in [5.74, 6) is 1.01. The van der Waals surface area contributed by atoms with Gasteiger partial charge in [-0.15, -0.1) is 10.2 Å². The van der Waals surface area contributed by atoms with Crippen LogP contribution in [0.25, 0.3) is 33.6 Å². The number of carbonyl (C=O) groups is 1. The smallest absolute Gasteiger partial charge is 0.652 e. The summed E-state index contributed by atoms with van der Waals surface area (Å²) >= 11 is -0.988. The second-order valence-corrected chi connectivity index (χ2v) is 7.09. The zero-order chi connectivity index (χ0) is 20.3. The molecule has 0 spiro atoms. The number of benzene rings is 2. The second kappa shape index (κ2) is 11.3. The Morgan fingerprint density at radius 3 is 2.13 bits per heavy atom. The van der Waals surface area contributed by atoms with E-state index in [-0.39, 0.29) is 37.7 Å². The zero-order valence-corrected chi connectivity index (χ0v) is 17.7. The van der Waals surface area contributed by atoms with Crippen molar-refractivity contribution in [2.45, 2.75) is 11.8 Å². The Hall–Kier alpha value is -2.11. The van der Waals surface area contributed by atoms with Crippen LogP contribution < -0.4 is 47.9 Å². The van der Waals surface area contributed by atoms with Gasteiger partial charge in [-0.05, 0) is 65.4 Å². The van der Waals surface area contributed by atoms with Crippen LogP contribution in [0.4, 0.5) is 4.79 Å². The molecule has 0 radical (unpaired) electrons. The number of aromatic nitrogens is 2. The Balaban J connectivity index is 0.000000692. The second-order valence-electron chi connectivity index (χ2n) is 5.72. The van der Waals surface area contributed by atoms with Crippen LogP contribution >= 0.6 is 0 Å². The van der Waals surface area contributed by atoms with Crippen molar-refractivity contribution in [3.63, 3.8) is 0 Å². The van der Waals surface area contributed by atoms with E-state index in [9.17, 15) is 4.55 Å². The summed E-state index contributed by atoms with van der Waals surface area (Å²) in [5, 5.41) is 25.6. The average Bonchev–Trinajstić information content (AvgIpc) is 3.27. The largest absolute Gasteiger partial charge is 1.00 e. The first-order valence-corrected chi connectivity index (χ1v) is 9.54. The van der Waals surface area contributed by atoms with Crippen LogP contribution in [0.2, 0.25) is 0 Å². The van der Waals surface area contributed by atoms with Crippen LogP contribution in [0.15, 0.2) is 62.5 Å². The van der Waals surface area contributed by atoms with E-state index in [4.69, 9.17) is 23.8 Å². The van der Waals surface area contributed by atoms with Crippen molar-refractivity contribution in [1.82, 2.24) is 10.2 Å². The van der Waals surface area contributed by atoms with Gasteiger partial charge < -0.3 is 28.4 Å². The molecule has 2 aromatic carbocycles. The molecule has 2 aromatic heterocycles. The third kappa shape index (κ3) is 6.20. The number of rotatable bonds is 3. The zero-order valence-electron chi connectivity index (χ0n) is 16.9. The van der Waals surface area contributed by atoms with E-state index in [1.807, 2.05) is 42.5 Å². The standard InChI is InChI=1S/C18H14N2O3S.CH2O3.2Li/c1-11-19-20-18(23-11)13-5-8-17-15(9-13)16(10-22-17)12-3-6-14(7-4-12)24(2)21;2-1(3)4;;/h3-10H,1-2H3;(H2,2,3,4);;/q;;2*+1/p-2. The predicted molar refractivity (Wildman–Crippen MR) is 97.4 cm³/mol. The van der Waals surface area contributed by atoms with E-state index in [1.54, 1.807) is 19.4 Å². The van der Waals surface area contributed by atoms with Gasteiger partial charge in [0.1, 0.15) is 11.8 Å². The minimum atomic E-state index is -2.33. The minimum Gasteiger partial charge on any atom is -0.652 e. The molecule has 4 aromatic rings. The summed E-state index contributed by atoms with van der Waals surface area (Å²) in [6.45, 7) is 1.76. The molecule has 4 rings (SSSR count). The van der Waals surface area contributed by atoms with Crippen molar-refractivity contribution in [2.24, 2.45) is 0 Å². The van der Waals surface area contributed by atoms with Gasteiger partial charge in [-0.3, -0.25) is 0 Å². The van der Waals surface area contributed by atoms with Crippen LogP contribution in [-0.4, -0.2) is 27.2 Å². The predicted octanol–water partition coefficient (Wildman–Crippen LogP) is -4.24. The van der Waals surface area contributed by atoms with E-state index in [0.717, 1.165) is 32.6 Å². The summed E-state index contributed by atoms with van der Waals surface area (Å²) < 4.78 is 22.7. The van der Waals surface area contributed by atoms with Crippen LogP contribution in [0.5, 0.6) is 0 Å². The molecular weight excluding hydrogens is 398 g/mol. The van der Waals surface area contributed by atoms with Gasteiger partial charge in [0, 0.05) is 23.4 Å². The van der Waals surface area contributed by atoms with Gasteiger partial charge in [-0.2, -0.15) is 0 Å². The summed E-state index contributed by atoms with van der Waals surface area (Å²) in [4.78, 5) is 9.13. The molecule has 0 aliphatic carbocycles. The maximum absolute atomic E-state index is 11.5. The van der Waals surface area contributed by atoms with E-state index in [2.05, 4.69) is 10.2 Å². The van der Waals surface area contributed by atoms with E-state index >= 15 is 0 Å². The van der Waals surface area contributed by atoms with Crippen LogP contribution in [-0.2, 0) is 11.2 Å². The van der Waals surface area contributed by atoms with Gasteiger partial charge in [0.2, 0.25) is 11.8 Å². The molecular formula is C19H14Li2N2O6S. The minimum absolute atomic E-state index is 0. The first-order valence-electron chi connectivity index (χ1n) is 7.98. The number of carbonyl (C=O) groups excluding carboxylic acids is 1. The third-order valence-electron chi connectivity index (χ3n) is 3.84. The molecule has 0 aliphatic rings. The molecule has 0 bridgehead atoms. The van der Waals surface area contributed by atoms with E-state index in [1.165, 1.54) is 0 Å². The maximum atomic E-state index is 11.5. The van der Waals surface area contributed by atoms with Gasteiger partial charge in [0.05, 0.1) is 6.26 Å². The average molecular weight is 412 g/mol. The summed E-state index contributed by atoms with van der Waals surface area (Å²) in [7, 11) is 0. The molecule has 0 fully saturated rings. The molecule has 0 N–H and O–H groups in total. The normalized spacial score (nSPS) is 10.9. The number of hydrogen-bond acceptors (Lipinski definition) is 8. The van der Waals surface area contributed by atoms with Gasteiger partial charge in [0.25, 0.3) is 0 Å². The molecule has 2 heterocycles. The topological polar surface area (TPSA) is 138 Å². The first kappa shape index (κ1) is 25.9. The molecule has 0 amide bonds. The van der Waals surface area contributed by atoms with Gasteiger partial charge in [0.15, 0.2) is 4.90 Å². The van der Waals surface area contributed by atoms with E-state index < -0.39 is 17.3 Å². The van der Waals surface area contributed by atoms with Gasteiger partial charge in [-0.1, -0.05) is 0 Å². The monoisotopic (exact) mass is 412 g/mol. The van der Waals surface area contributed by atoms with Crippen LogP contribution in [0, 0.1) is 6.92 Å². The summed E-state index contributed by atoms with van der Waals surface area (Å²) in [6.07, 6.45) is 1.06. The summed E-state index contributed by atoms with van der Waals surface area (Å²) in [5.41, 5.74) is 3.60. The van der Waals surface area contributed by atoms with E-state index in [0.29, 0.717) is 11.8 Å². The molecule has 0 aliphatic heterocycles. The fraction of sp³-hybridized carbons (Fsp3) is 0.105. The van der Waals surface area contributed by atoms with Crippen molar-refractivity contribution in [3.05, 3.63) is 54.6 Å². The summed E-state index contributed by atoms with van der Waals surface area (Å²) in [6, 6.07) is 13.4. The van der Waals surface area contributed by atoms with Crippen LogP contribution in [0.3, 0.4) is 0 Å². The Labute approximate surface area is 199 Å². The van der Waals surface area contributed by atoms with Crippen LogP contribution in [0.1, 0.15) is 5.89 Å². The van der Waals surface area contributed by atoms with Gasteiger partial charge in [-0.25, -0.2) is 0 Å². The fourth-order valence-electron chi connectivity index (χ4n) is 2.63. The third-order valence-corrected chi connectivity index (χ3v) is 4.78. The molecule has 144 valence electrons. The van der Waals surface area contributed by atoms with Crippen molar-refractivity contribution in [1.29, 1.82) is 0 Å². The molecule has 8 nitrogen and oxygen atoms in total. The molecule has 30 heavy (non-hydrogen) atoms. The van der Waals surface area contributed by atoms with Crippen molar-refractivity contribution >= 4 is 28.3 Å². The SMILES string of the molecule is Cc1nnc(-c2ccc3occ(-c4ccc([S+](C)[O-])cc4)c3c2)o1.O=C([O-])[O-].[Li+].[Li+].